The summed E-state index contributed by atoms with van der Waals surface area (Å²) in [5, 5.41) is 4.28. The van der Waals surface area contributed by atoms with Crippen LogP contribution in [0.4, 0.5) is 0 Å². The zero-order valence-corrected chi connectivity index (χ0v) is 13.8. The van der Waals surface area contributed by atoms with Gasteiger partial charge in [0.25, 0.3) is 0 Å². The zero-order chi connectivity index (χ0) is 13.8. The van der Waals surface area contributed by atoms with E-state index in [-0.39, 0.29) is 18.4 Å². The van der Waals surface area contributed by atoms with E-state index in [0.717, 1.165) is 24.8 Å². The first-order chi connectivity index (χ1) is 9.83. The number of morpholine rings is 1. The standard InChI is InChI=1S/C16H16ClNOS.ClH/c17-12-5-7-13(8-6-12)20-16-4-2-1-3-14(16)15-11-19-10-9-18-15;/h1-8,15,18H,9-11H2;1H/t15-;/m1./s1. The van der Waals surface area contributed by atoms with Crippen molar-refractivity contribution in [3.63, 3.8) is 0 Å². The summed E-state index contributed by atoms with van der Waals surface area (Å²) < 4.78 is 5.57. The highest BCUT2D eigenvalue weighted by molar-refractivity contribution is 7.99. The fourth-order valence-corrected chi connectivity index (χ4v) is 3.38. The van der Waals surface area contributed by atoms with Crippen molar-refractivity contribution in [1.82, 2.24) is 5.32 Å². The molecule has 0 spiro atoms. The molecule has 1 atom stereocenters. The lowest BCUT2D eigenvalue weighted by atomic mass is 10.1. The number of hydrogen-bond acceptors (Lipinski definition) is 3. The first-order valence-corrected chi connectivity index (χ1v) is 7.86. The predicted octanol–water partition coefficient (Wildman–Crippen LogP) is 4.57. The molecule has 0 saturated carbocycles. The minimum Gasteiger partial charge on any atom is -0.378 e. The molecule has 1 N–H and O–H groups in total. The van der Waals surface area contributed by atoms with Crippen LogP contribution < -0.4 is 5.32 Å². The van der Waals surface area contributed by atoms with E-state index in [9.17, 15) is 0 Å². The van der Waals surface area contributed by atoms with Gasteiger partial charge < -0.3 is 10.1 Å². The minimum absolute atomic E-state index is 0. The van der Waals surface area contributed by atoms with Gasteiger partial charge in [-0.1, -0.05) is 41.6 Å². The van der Waals surface area contributed by atoms with Crippen molar-refractivity contribution < 1.29 is 4.74 Å². The van der Waals surface area contributed by atoms with Gasteiger partial charge in [0.15, 0.2) is 0 Å². The molecule has 1 fully saturated rings. The van der Waals surface area contributed by atoms with Crippen molar-refractivity contribution in [2.45, 2.75) is 15.8 Å². The molecule has 2 nitrogen and oxygen atoms in total. The van der Waals surface area contributed by atoms with Crippen LogP contribution in [-0.2, 0) is 4.74 Å². The summed E-state index contributed by atoms with van der Waals surface area (Å²) in [6, 6.07) is 16.7. The van der Waals surface area contributed by atoms with Gasteiger partial charge in [-0.25, -0.2) is 0 Å². The maximum atomic E-state index is 5.93. The van der Waals surface area contributed by atoms with Crippen molar-refractivity contribution in [3.05, 3.63) is 59.1 Å². The van der Waals surface area contributed by atoms with Crippen LogP contribution in [-0.4, -0.2) is 19.8 Å². The van der Waals surface area contributed by atoms with Gasteiger partial charge in [0.05, 0.1) is 19.3 Å². The molecule has 0 aromatic heterocycles. The van der Waals surface area contributed by atoms with E-state index in [1.807, 2.05) is 12.1 Å². The Morgan fingerprint density at radius 3 is 2.57 bits per heavy atom. The molecular weight excluding hydrogens is 325 g/mol. The average molecular weight is 342 g/mol. The van der Waals surface area contributed by atoms with Crippen molar-refractivity contribution in [2.75, 3.05) is 19.8 Å². The average Bonchev–Trinajstić information content (AvgIpc) is 2.51. The van der Waals surface area contributed by atoms with Crippen LogP contribution >= 0.6 is 35.8 Å². The fourth-order valence-electron chi connectivity index (χ4n) is 2.26. The second kappa shape index (κ2) is 8.06. The summed E-state index contributed by atoms with van der Waals surface area (Å²) in [6.07, 6.45) is 0. The highest BCUT2D eigenvalue weighted by atomic mass is 35.5. The Hall–Kier alpha value is -0.710. The maximum Gasteiger partial charge on any atom is 0.0662 e. The van der Waals surface area contributed by atoms with Crippen LogP contribution in [0, 0.1) is 0 Å². The molecule has 0 amide bonds. The van der Waals surface area contributed by atoms with E-state index >= 15 is 0 Å². The third-order valence-electron chi connectivity index (χ3n) is 3.26. The largest absolute Gasteiger partial charge is 0.378 e. The second-order valence-corrected chi connectivity index (χ2v) is 6.23. The second-order valence-electron chi connectivity index (χ2n) is 4.68. The lowest BCUT2D eigenvalue weighted by molar-refractivity contribution is 0.0761. The van der Waals surface area contributed by atoms with Gasteiger partial charge in [-0.2, -0.15) is 0 Å². The Morgan fingerprint density at radius 2 is 1.86 bits per heavy atom. The van der Waals surface area contributed by atoms with Crippen LogP contribution in [0.25, 0.3) is 0 Å². The first-order valence-electron chi connectivity index (χ1n) is 6.66. The van der Waals surface area contributed by atoms with Gasteiger partial charge in [-0.15, -0.1) is 12.4 Å². The molecule has 1 aliphatic heterocycles. The normalized spacial score (nSPS) is 18.0. The summed E-state index contributed by atoms with van der Waals surface area (Å²) in [7, 11) is 0. The molecule has 3 rings (SSSR count). The molecule has 2 aromatic carbocycles. The Labute approximate surface area is 140 Å². The van der Waals surface area contributed by atoms with Crippen LogP contribution in [0.1, 0.15) is 11.6 Å². The SMILES string of the molecule is Cl.Clc1ccc(Sc2ccccc2[C@H]2COCCN2)cc1. The predicted molar refractivity (Wildman–Crippen MR) is 90.8 cm³/mol. The first kappa shape index (κ1) is 16.7. The summed E-state index contributed by atoms with van der Waals surface area (Å²) in [5.41, 5.74) is 1.30. The molecule has 112 valence electrons. The molecule has 1 aliphatic rings. The summed E-state index contributed by atoms with van der Waals surface area (Å²) >= 11 is 7.69. The van der Waals surface area contributed by atoms with Crippen molar-refractivity contribution >= 4 is 35.8 Å². The molecule has 0 radical (unpaired) electrons. The molecule has 5 heteroatoms. The third kappa shape index (κ3) is 4.38. The van der Waals surface area contributed by atoms with E-state index in [1.54, 1.807) is 11.8 Å². The van der Waals surface area contributed by atoms with Crippen LogP contribution in [0.3, 0.4) is 0 Å². The molecule has 1 heterocycles. The Morgan fingerprint density at radius 1 is 1.10 bits per heavy atom. The van der Waals surface area contributed by atoms with E-state index in [2.05, 4.69) is 41.7 Å². The minimum atomic E-state index is 0. The topological polar surface area (TPSA) is 21.3 Å². The van der Waals surface area contributed by atoms with Gasteiger partial charge in [0.2, 0.25) is 0 Å². The van der Waals surface area contributed by atoms with E-state index in [1.165, 1.54) is 15.4 Å². The quantitative estimate of drug-likeness (QED) is 0.883. The van der Waals surface area contributed by atoms with Gasteiger partial charge >= 0.3 is 0 Å². The number of nitrogens with one attached hydrogen (secondary N) is 1. The van der Waals surface area contributed by atoms with E-state index in [4.69, 9.17) is 16.3 Å². The molecule has 0 aliphatic carbocycles. The Kier molecular flexibility index (Phi) is 6.40. The molecule has 0 unspecified atom stereocenters. The lowest BCUT2D eigenvalue weighted by Gasteiger charge is -2.25. The van der Waals surface area contributed by atoms with Crippen molar-refractivity contribution in [3.8, 4) is 0 Å². The molecule has 0 bridgehead atoms. The molecular formula is C16H17Cl2NOS. The number of rotatable bonds is 3. The van der Waals surface area contributed by atoms with Crippen LogP contribution in [0.15, 0.2) is 58.3 Å². The van der Waals surface area contributed by atoms with E-state index < -0.39 is 0 Å². The Balaban J connectivity index is 0.00000161. The van der Waals surface area contributed by atoms with Gasteiger partial charge in [-0.05, 0) is 35.9 Å². The van der Waals surface area contributed by atoms with Gasteiger partial charge in [-0.3, -0.25) is 0 Å². The highest BCUT2D eigenvalue weighted by Crippen LogP contribution is 2.34. The smallest absolute Gasteiger partial charge is 0.0662 e. The van der Waals surface area contributed by atoms with Crippen molar-refractivity contribution in [1.29, 1.82) is 0 Å². The molecule has 2 aromatic rings. The summed E-state index contributed by atoms with van der Waals surface area (Å²) in [5.74, 6) is 0. The number of halogens is 2. The zero-order valence-electron chi connectivity index (χ0n) is 11.4. The van der Waals surface area contributed by atoms with Gasteiger partial charge in [0, 0.05) is 21.4 Å². The van der Waals surface area contributed by atoms with Crippen molar-refractivity contribution in [2.24, 2.45) is 0 Å². The third-order valence-corrected chi connectivity index (χ3v) is 4.61. The van der Waals surface area contributed by atoms with Crippen LogP contribution in [0.2, 0.25) is 5.02 Å². The van der Waals surface area contributed by atoms with E-state index in [0.29, 0.717) is 0 Å². The number of hydrogen-bond donors (Lipinski definition) is 1. The Bertz CT molecular complexity index is 571. The number of benzene rings is 2. The van der Waals surface area contributed by atoms with Crippen LogP contribution in [0.5, 0.6) is 0 Å². The molecule has 21 heavy (non-hydrogen) atoms. The monoisotopic (exact) mass is 341 g/mol. The highest BCUT2D eigenvalue weighted by Gasteiger charge is 2.18. The summed E-state index contributed by atoms with van der Waals surface area (Å²) in [6.45, 7) is 2.44. The fraction of sp³-hybridized carbons (Fsp3) is 0.250. The number of ether oxygens (including phenoxy) is 1. The maximum absolute atomic E-state index is 5.93. The summed E-state index contributed by atoms with van der Waals surface area (Å²) in [4.78, 5) is 2.46. The molecule has 1 saturated heterocycles. The lowest BCUT2D eigenvalue weighted by Crippen LogP contribution is -2.34. The van der Waals surface area contributed by atoms with Gasteiger partial charge in [0.1, 0.15) is 0 Å².